The summed E-state index contributed by atoms with van der Waals surface area (Å²) in [5, 5.41) is 14.9. The molecule has 0 radical (unpaired) electrons. The summed E-state index contributed by atoms with van der Waals surface area (Å²) in [5.74, 6) is -1.27. The minimum absolute atomic E-state index is 0.0344. The number of aliphatic hydroxyl groups is 1. The smallest absolute Gasteiger partial charge is 0.373 e. The highest BCUT2D eigenvalue weighted by molar-refractivity contribution is 6.30. The van der Waals surface area contributed by atoms with Gasteiger partial charge in [-0.2, -0.15) is 18.3 Å². The van der Waals surface area contributed by atoms with Crippen LogP contribution in [0, 0.1) is 6.92 Å². The van der Waals surface area contributed by atoms with Gasteiger partial charge in [-0.1, -0.05) is 11.6 Å². The third-order valence-corrected chi connectivity index (χ3v) is 5.40. The molecule has 28 heavy (non-hydrogen) atoms. The Hall–Kier alpha value is -2.06. The first-order chi connectivity index (χ1) is 13.0. The predicted octanol–water partition coefficient (Wildman–Crippen LogP) is 3.85. The van der Waals surface area contributed by atoms with Crippen LogP contribution in [0.2, 0.25) is 5.02 Å². The predicted molar refractivity (Wildman–Crippen MR) is 98.5 cm³/mol. The fourth-order valence-corrected chi connectivity index (χ4v) is 3.47. The maximum Gasteiger partial charge on any atom is 0.426 e. The highest BCUT2D eigenvalue weighted by Gasteiger charge is 2.57. The summed E-state index contributed by atoms with van der Waals surface area (Å²) < 4.78 is 40.5. The lowest BCUT2D eigenvalue weighted by Crippen LogP contribution is -2.57. The minimum atomic E-state index is -5.00. The van der Waals surface area contributed by atoms with Crippen LogP contribution in [-0.2, 0) is 4.79 Å². The molecule has 1 saturated heterocycles. The molecule has 152 valence electrons. The van der Waals surface area contributed by atoms with E-state index < -0.39 is 17.7 Å². The number of carbonyl (C=O) groups is 1. The SMILES string of the molecule is Cc1cc(C2CCN(C(=O)[C@@](C)(O)C(F)(F)F)CC2)nn1-c1ccc(Cl)cc1. The molecule has 1 fully saturated rings. The van der Waals surface area contributed by atoms with Gasteiger partial charge in [0.25, 0.3) is 5.91 Å². The average Bonchev–Trinajstić information content (AvgIpc) is 3.02. The van der Waals surface area contributed by atoms with Crippen LogP contribution in [0.5, 0.6) is 0 Å². The minimum Gasteiger partial charge on any atom is -0.373 e. The number of hydrogen-bond acceptors (Lipinski definition) is 3. The molecular weight excluding hydrogens is 395 g/mol. The van der Waals surface area contributed by atoms with E-state index in [0.29, 0.717) is 24.8 Å². The van der Waals surface area contributed by atoms with Crippen LogP contribution in [0.25, 0.3) is 5.69 Å². The summed E-state index contributed by atoms with van der Waals surface area (Å²) in [6.07, 6.45) is -4.04. The molecule has 0 aliphatic carbocycles. The molecule has 1 aliphatic heterocycles. The van der Waals surface area contributed by atoms with E-state index in [1.54, 1.807) is 16.8 Å². The Morgan fingerprint density at radius 3 is 2.32 bits per heavy atom. The number of alkyl halides is 3. The van der Waals surface area contributed by atoms with Gasteiger partial charge in [0, 0.05) is 29.7 Å². The summed E-state index contributed by atoms with van der Waals surface area (Å²) in [6, 6.07) is 9.20. The van der Waals surface area contributed by atoms with Gasteiger partial charge >= 0.3 is 6.18 Å². The van der Waals surface area contributed by atoms with Gasteiger partial charge in [0.15, 0.2) is 0 Å². The van der Waals surface area contributed by atoms with Crippen LogP contribution in [-0.4, -0.2) is 50.6 Å². The molecule has 0 unspecified atom stereocenters. The van der Waals surface area contributed by atoms with Crippen molar-refractivity contribution in [2.75, 3.05) is 13.1 Å². The van der Waals surface area contributed by atoms with Crippen molar-refractivity contribution < 1.29 is 23.1 Å². The van der Waals surface area contributed by atoms with E-state index in [1.165, 1.54) is 0 Å². The van der Waals surface area contributed by atoms with Crippen LogP contribution in [0.15, 0.2) is 30.3 Å². The number of piperidine rings is 1. The Balaban J connectivity index is 1.70. The first kappa shape index (κ1) is 20.7. The number of aromatic nitrogens is 2. The summed E-state index contributed by atoms with van der Waals surface area (Å²) in [6.45, 7) is 2.70. The van der Waals surface area contributed by atoms with E-state index in [-0.39, 0.29) is 19.0 Å². The fourth-order valence-electron chi connectivity index (χ4n) is 3.35. The van der Waals surface area contributed by atoms with Crippen molar-refractivity contribution in [2.24, 2.45) is 0 Å². The lowest BCUT2D eigenvalue weighted by molar-refractivity contribution is -0.250. The van der Waals surface area contributed by atoms with E-state index >= 15 is 0 Å². The lowest BCUT2D eigenvalue weighted by Gasteiger charge is -2.36. The summed E-state index contributed by atoms with van der Waals surface area (Å²) in [5.41, 5.74) is -0.744. The quantitative estimate of drug-likeness (QED) is 0.828. The zero-order valence-corrected chi connectivity index (χ0v) is 16.3. The molecule has 9 heteroatoms. The number of hydrogen-bond donors (Lipinski definition) is 1. The van der Waals surface area contributed by atoms with Crippen molar-refractivity contribution in [2.45, 2.75) is 44.4 Å². The van der Waals surface area contributed by atoms with Crippen LogP contribution in [0.4, 0.5) is 13.2 Å². The summed E-state index contributed by atoms with van der Waals surface area (Å²) in [4.78, 5) is 13.2. The number of amides is 1. The molecule has 1 amide bonds. The number of nitrogens with zero attached hydrogens (tertiary/aromatic N) is 3. The molecule has 1 aromatic heterocycles. The van der Waals surface area contributed by atoms with Gasteiger partial charge in [0.2, 0.25) is 5.60 Å². The third-order valence-electron chi connectivity index (χ3n) is 5.15. The van der Waals surface area contributed by atoms with E-state index in [9.17, 15) is 23.1 Å². The van der Waals surface area contributed by atoms with Crippen LogP contribution in [0.1, 0.15) is 37.1 Å². The van der Waals surface area contributed by atoms with E-state index in [0.717, 1.165) is 22.0 Å². The molecule has 1 aliphatic rings. The zero-order chi connectivity index (χ0) is 20.7. The molecule has 0 bridgehead atoms. The van der Waals surface area contributed by atoms with E-state index in [4.69, 9.17) is 11.6 Å². The summed E-state index contributed by atoms with van der Waals surface area (Å²) in [7, 11) is 0. The maximum atomic E-state index is 12.9. The number of halogens is 4. The van der Waals surface area contributed by atoms with Gasteiger partial charge in [-0.15, -0.1) is 0 Å². The average molecular weight is 416 g/mol. The number of aryl methyl sites for hydroxylation is 1. The standard InChI is InChI=1S/C19H21ClF3N3O2/c1-12-11-16(24-26(12)15-5-3-14(20)4-6-15)13-7-9-25(10-8-13)17(27)18(2,28)19(21,22)23/h3-6,11,13,28H,7-10H2,1-2H3/t18-/m1/s1. The summed E-state index contributed by atoms with van der Waals surface area (Å²) >= 11 is 5.92. The van der Waals surface area contributed by atoms with Crippen molar-refractivity contribution in [3.8, 4) is 5.69 Å². The Kier molecular flexibility index (Phi) is 5.46. The molecule has 2 heterocycles. The van der Waals surface area contributed by atoms with E-state index in [1.807, 2.05) is 25.1 Å². The molecule has 0 saturated carbocycles. The van der Waals surface area contributed by atoms with Gasteiger partial charge in [-0.3, -0.25) is 4.79 Å². The molecule has 5 nitrogen and oxygen atoms in total. The van der Waals surface area contributed by atoms with Crippen LogP contribution in [0.3, 0.4) is 0 Å². The largest absolute Gasteiger partial charge is 0.426 e. The van der Waals surface area contributed by atoms with Crippen LogP contribution < -0.4 is 0 Å². The molecule has 1 N–H and O–H groups in total. The third kappa shape index (κ3) is 3.89. The van der Waals surface area contributed by atoms with E-state index in [2.05, 4.69) is 5.10 Å². The molecule has 1 atom stereocenters. The Morgan fingerprint density at radius 1 is 1.21 bits per heavy atom. The van der Waals surface area contributed by atoms with Gasteiger partial charge in [-0.25, -0.2) is 4.68 Å². The molecular formula is C19H21ClF3N3O2. The molecule has 3 rings (SSSR count). The van der Waals surface area contributed by atoms with Gasteiger partial charge in [-0.05, 0) is 57.0 Å². The van der Waals surface area contributed by atoms with Gasteiger partial charge in [0.05, 0.1) is 11.4 Å². The Morgan fingerprint density at radius 2 is 1.79 bits per heavy atom. The van der Waals surface area contributed by atoms with Gasteiger partial charge in [0.1, 0.15) is 0 Å². The van der Waals surface area contributed by atoms with Crippen molar-refractivity contribution in [1.82, 2.24) is 14.7 Å². The first-order valence-electron chi connectivity index (χ1n) is 8.91. The maximum absolute atomic E-state index is 12.9. The Labute approximate surface area is 165 Å². The van der Waals surface area contributed by atoms with Crippen molar-refractivity contribution >= 4 is 17.5 Å². The molecule has 0 spiro atoms. The number of carbonyl (C=O) groups excluding carboxylic acids is 1. The second-order valence-electron chi connectivity index (χ2n) is 7.24. The molecule has 1 aromatic carbocycles. The van der Waals surface area contributed by atoms with Crippen molar-refractivity contribution in [1.29, 1.82) is 0 Å². The second kappa shape index (κ2) is 7.40. The monoisotopic (exact) mass is 415 g/mol. The highest BCUT2D eigenvalue weighted by atomic mass is 35.5. The van der Waals surface area contributed by atoms with Crippen molar-refractivity contribution in [3.63, 3.8) is 0 Å². The highest BCUT2D eigenvalue weighted by Crippen LogP contribution is 2.34. The van der Waals surface area contributed by atoms with Gasteiger partial charge < -0.3 is 10.0 Å². The first-order valence-corrected chi connectivity index (χ1v) is 9.29. The van der Waals surface area contributed by atoms with Crippen LogP contribution >= 0.6 is 11.6 Å². The molecule has 2 aromatic rings. The topological polar surface area (TPSA) is 58.4 Å². The number of likely N-dealkylation sites (tertiary alicyclic amines) is 1. The second-order valence-corrected chi connectivity index (χ2v) is 7.67. The normalized spacial score (nSPS) is 18.2. The lowest BCUT2D eigenvalue weighted by atomic mass is 9.92. The number of rotatable bonds is 3. The fraction of sp³-hybridized carbons (Fsp3) is 0.474. The zero-order valence-electron chi connectivity index (χ0n) is 15.5. The Bertz CT molecular complexity index is 854. The van der Waals surface area contributed by atoms with Crippen molar-refractivity contribution in [3.05, 3.63) is 46.7 Å². The number of benzene rings is 1.